The molecule has 2 amide bonds. The van der Waals surface area contributed by atoms with Crippen molar-refractivity contribution in [2.45, 2.75) is 32.9 Å². The van der Waals surface area contributed by atoms with Gasteiger partial charge in [0, 0.05) is 46.4 Å². The third-order valence-corrected chi connectivity index (χ3v) is 7.43. The molecule has 0 aliphatic carbocycles. The molecule has 0 saturated carbocycles. The van der Waals surface area contributed by atoms with E-state index in [1.165, 1.54) is 0 Å². The second-order valence-corrected chi connectivity index (χ2v) is 10.7. The van der Waals surface area contributed by atoms with E-state index in [9.17, 15) is 9.59 Å². The van der Waals surface area contributed by atoms with E-state index in [1.807, 2.05) is 44.2 Å². The number of nitrogens with two attached hydrogens (primary N) is 1. The number of halogens is 2. The molecule has 5 rings (SSSR count). The van der Waals surface area contributed by atoms with Crippen molar-refractivity contribution in [1.82, 2.24) is 19.5 Å². The third kappa shape index (κ3) is 4.86. The number of carbonyl (C=O) groups is 2. The molecule has 2 aromatic carbocycles. The number of anilines is 1. The van der Waals surface area contributed by atoms with Crippen molar-refractivity contribution in [2.75, 3.05) is 11.9 Å². The van der Waals surface area contributed by atoms with Crippen molar-refractivity contribution < 1.29 is 9.59 Å². The molecule has 3 N–H and O–H groups in total. The molecule has 190 valence electrons. The van der Waals surface area contributed by atoms with Gasteiger partial charge >= 0.3 is 0 Å². The zero-order valence-electron chi connectivity index (χ0n) is 20.4. The first-order valence-electron chi connectivity index (χ1n) is 11.9. The van der Waals surface area contributed by atoms with E-state index >= 15 is 0 Å². The maximum Gasteiger partial charge on any atom is 0.254 e. The van der Waals surface area contributed by atoms with Gasteiger partial charge < -0.3 is 16.0 Å². The summed E-state index contributed by atoms with van der Waals surface area (Å²) in [5.41, 5.74) is 8.90. The van der Waals surface area contributed by atoms with Gasteiger partial charge in [-0.1, -0.05) is 55.2 Å². The van der Waals surface area contributed by atoms with Gasteiger partial charge in [-0.05, 0) is 41.7 Å². The number of hydrogen-bond donors (Lipinski definition) is 2. The molecule has 2 aromatic heterocycles. The second-order valence-electron chi connectivity index (χ2n) is 9.84. The predicted octanol–water partition coefficient (Wildman–Crippen LogP) is 5.04. The lowest BCUT2D eigenvalue weighted by molar-refractivity contribution is -0.124. The number of amides is 2. The van der Waals surface area contributed by atoms with Gasteiger partial charge in [-0.2, -0.15) is 9.61 Å². The Balaban J connectivity index is 1.40. The molecular weight excluding hydrogens is 511 g/mol. The molecule has 8 nitrogen and oxygen atoms in total. The van der Waals surface area contributed by atoms with E-state index < -0.39 is 11.9 Å². The van der Waals surface area contributed by atoms with Gasteiger partial charge in [0.05, 0.1) is 11.9 Å². The van der Waals surface area contributed by atoms with E-state index in [0.29, 0.717) is 40.0 Å². The monoisotopic (exact) mass is 536 g/mol. The van der Waals surface area contributed by atoms with Crippen LogP contribution in [0.3, 0.4) is 0 Å². The number of likely N-dealkylation sites (tertiary alicyclic amines) is 1. The number of benzene rings is 2. The first-order valence-corrected chi connectivity index (χ1v) is 12.6. The minimum Gasteiger partial charge on any atom is -0.368 e. The van der Waals surface area contributed by atoms with Crippen LogP contribution in [0.1, 0.15) is 36.2 Å². The van der Waals surface area contributed by atoms with E-state index in [1.54, 1.807) is 39.9 Å². The Hall–Kier alpha value is -3.62. The lowest BCUT2D eigenvalue weighted by Crippen LogP contribution is -2.49. The van der Waals surface area contributed by atoms with Crippen molar-refractivity contribution in [1.29, 1.82) is 0 Å². The predicted molar refractivity (Wildman–Crippen MR) is 145 cm³/mol. The van der Waals surface area contributed by atoms with Crippen LogP contribution in [0.2, 0.25) is 10.0 Å². The summed E-state index contributed by atoms with van der Waals surface area (Å²) < 4.78 is 1.71. The molecule has 1 aliphatic rings. The summed E-state index contributed by atoms with van der Waals surface area (Å²) >= 11 is 12.3. The highest BCUT2D eigenvalue weighted by atomic mass is 35.5. The molecule has 1 atom stereocenters. The summed E-state index contributed by atoms with van der Waals surface area (Å²) in [4.78, 5) is 31.6. The van der Waals surface area contributed by atoms with Crippen molar-refractivity contribution in [3.05, 3.63) is 82.0 Å². The highest BCUT2D eigenvalue weighted by molar-refractivity contribution is 6.35. The van der Waals surface area contributed by atoms with Crippen LogP contribution in [0.4, 0.5) is 5.82 Å². The molecule has 4 aromatic rings. The van der Waals surface area contributed by atoms with Crippen LogP contribution in [0, 0.1) is 5.41 Å². The van der Waals surface area contributed by atoms with Crippen LogP contribution in [0.15, 0.2) is 60.8 Å². The van der Waals surface area contributed by atoms with E-state index in [2.05, 4.69) is 10.4 Å². The second kappa shape index (κ2) is 9.68. The van der Waals surface area contributed by atoms with Crippen LogP contribution in [0.5, 0.6) is 0 Å². The number of nitrogens with one attached hydrogen (secondary N) is 1. The molecule has 0 radical (unpaired) electrons. The average Bonchev–Trinajstić information content (AvgIpc) is 3.46. The highest BCUT2D eigenvalue weighted by Gasteiger charge is 2.46. The smallest absolute Gasteiger partial charge is 0.254 e. The number of rotatable bonds is 6. The number of fused-ring (bicyclic) bond motifs is 1. The summed E-state index contributed by atoms with van der Waals surface area (Å²) in [6.45, 7) is 4.88. The average molecular weight is 537 g/mol. The topological polar surface area (TPSA) is 106 Å². The summed E-state index contributed by atoms with van der Waals surface area (Å²) in [6, 6.07) is 15.7. The zero-order valence-corrected chi connectivity index (χ0v) is 21.9. The highest BCUT2D eigenvalue weighted by Crippen LogP contribution is 2.37. The van der Waals surface area contributed by atoms with Crippen molar-refractivity contribution in [3.8, 4) is 11.3 Å². The summed E-state index contributed by atoms with van der Waals surface area (Å²) in [5.74, 6) is 0.0489. The Bertz CT molecular complexity index is 1500. The van der Waals surface area contributed by atoms with Crippen LogP contribution in [-0.2, 0) is 11.3 Å². The minimum absolute atomic E-state index is 0.206. The van der Waals surface area contributed by atoms with E-state index in [-0.39, 0.29) is 11.3 Å². The van der Waals surface area contributed by atoms with Crippen LogP contribution >= 0.6 is 23.2 Å². The van der Waals surface area contributed by atoms with Gasteiger partial charge in [-0.3, -0.25) is 9.59 Å². The number of aromatic nitrogens is 3. The molecule has 1 saturated heterocycles. The third-order valence-electron chi connectivity index (χ3n) is 6.84. The maximum atomic E-state index is 13.2. The number of primary amides is 1. The standard InChI is InChI=1S/C27H26Cl2N6O2/c1-27(2)10-12-34(24(27)25(30)36)26(37)17-5-3-16(4-6-17)21-14-23(35-22(33-21)9-11-32-35)31-15-18-7-8-19(28)13-20(18)29/h3-9,11,13-14,24,31H,10,12,15H2,1-2H3,(H2,30,36). The van der Waals surface area contributed by atoms with Gasteiger partial charge in [0.25, 0.3) is 5.91 Å². The molecule has 3 heterocycles. The van der Waals surface area contributed by atoms with Crippen LogP contribution in [-0.4, -0.2) is 43.9 Å². The quantitative estimate of drug-likeness (QED) is 0.359. The first kappa shape index (κ1) is 25.0. The van der Waals surface area contributed by atoms with Crippen LogP contribution < -0.4 is 11.1 Å². The van der Waals surface area contributed by atoms with Crippen molar-refractivity contribution in [2.24, 2.45) is 11.1 Å². The van der Waals surface area contributed by atoms with Gasteiger partial charge in [0.1, 0.15) is 11.9 Å². The van der Waals surface area contributed by atoms with E-state index in [0.717, 1.165) is 23.4 Å². The summed E-state index contributed by atoms with van der Waals surface area (Å²) in [6.07, 6.45) is 2.40. The molecule has 1 fully saturated rings. The fourth-order valence-corrected chi connectivity index (χ4v) is 5.32. The largest absolute Gasteiger partial charge is 0.368 e. The fraction of sp³-hybridized carbons (Fsp3) is 0.259. The molecule has 0 spiro atoms. The molecule has 10 heteroatoms. The van der Waals surface area contributed by atoms with Crippen molar-refractivity contribution in [3.63, 3.8) is 0 Å². The molecule has 1 aliphatic heterocycles. The molecule has 1 unspecified atom stereocenters. The lowest BCUT2D eigenvalue weighted by Gasteiger charge is -2.30. The Labute approximate surface area is 224 Å². The normalized spacial score (nSPS) is 16.8. The number of hydrogen-bond acceptors (Lipinski definition) is 5. The molecule has 37 heavy (non-hydrogen) atoms. The van der Waals surface area contributed by atoms with Crippen LogP contribution in [0.25, 0.3) is 16.9 Å². The van der Waals surface area contributed by atoms with Gasteiger partial charge in [0.2, 0.25) is 5.91 Å². The SMILES string of the molecule is CC1(C)CCN(C(=O)c2ccc(-c3cc(NCc4ccc(Cl)cc4Cl)n4nccc4n3)cc2)C1C(N)=O. The van der Waals surface area contributed by atoms with E-state index in [4.69, 9.17) is 33.9 Å². The fourth-order valence-electron chi connectivity index (χ4n) is 4.84. The van der Waals surface area contributed by atoms with Crippen molar-refractivity contribution >= 4 is 46.5 Å². The minimum atomic E-state index is -0.631. The number of carbonyl (C=O) groups excluding carboxylic acids is 2. The first-order chi connectivity index (χ1) is 17.6. The molecular formula is C27H26Cl2N6O2. The van der Waals surface area contributed by atoms with Gasteiger partial charge in [-0.15, -0.1) is 0 Å². The maximum absolute atomic E-state index is 13.2. The zero-order chi connectivity index (χ0) is 26.3. The number of nitrogens with zero attached hydrogens (tertiary/aromatic N) is 4. The Morgan fingerprint density at radius 3 is 2.57 bits per heavy atom. The molecule has 0 bridgehead atoms. The summed E-state index contributed by atoms with van der Waals surface area (Å²) in [5, 5.41) is 8.90. The lowest BCUT2D eigenvalue weighted by atomic mass is 9.84. The summed E-state index contributed by atoms with van der Waals surface area (Å²) in [7, 11) is 0. The van der Waals surface area contributed by atoms with Gasteiger partial charge in [-0.25, -0.2) is 4.98 Å². The van der Waals surface area contributed by atoms with Gasteiger partial charge in [0.15, 0.2) is 5.65 Å². The Morgan fingerprint density at radius 1 is 1.11 bits per heavy atom. The Morgan fingerprint density at radius 2 is 1.86 bits per heavy atom. The Kier molecular flexibility index (Phi) is 6.56.